The van der Waals surface area contributed by atoms with E-state index in [9.17, 15) is 9.59 Å². The number of piperidine rings is 2. The van der Waals surface area contributed by atoms with Gasteiger partial charge in [-0.2, -0.15) is 0 Å². The van der Waals surface area contributed by atoms with Crippen LogP contribution in [0.2, 0.25) is 0 Å². The molecule has 3 aliphatic heterocycles. The molecule has 2 aromatic carbocycles. The summed E-state index contributed by atoms with van der Waals surface area (Å²) in [7, 11) is 5.18. The zero-order valence-corrected chi connectivity index (χ0v) is 23.7. The summed E-state index contributed by atoms with van der Waals surface area (Å²) in [6, 6.07) is 15.6. The Kier molecular flexibility index (Phi) is 8.88. The van der Waals surface area contributed by atoms with Gasteiger partial charge < -0.3 is 24.2 Å². The fourth-order valence-corrected chi connectivity index (χ4v) is 7.12. The van der Waals surface area contributed by atoms with Crippen LogP contribution in [0.4, 0.5) is 0 Å². The molecule has 7 nitrogen and oxygen atoms in total. The van der Waals surface area contributed by atoms with Gasteiger partial charge in [0.25, 0.3) is 5.91 Å². The van der Waals surface area contributed by atoms with Gasteiger partial charge in [-0.25, -0.2) is 0 Å². The summed E-state index contributed by atoms with van der Waals surface area (Å²) in [5.74, 6) is 0.801. The molecule has 210 valence electrons. The predicted octanol–water partition coefficient (Wildman–Crippen LogP) is 4.74. The van der Waals surface area contributed by atoms with Crippen molar-refractivity contribution < 1.29 is 19.1 Å². The Bertz CT molecular complexity index is 1130. The van der Waals surface area contributed by atoms with Crippen LogP contribution in [0, 0.1) is 5.92 Å². The second-order valence-electron chi connectivity index (χ2n) is 11.3. The molecule has 0 aromatic heterocycles. The molecule has 3 heterocycles. The van der Waals surface area contributed by atoms with Crippen LogP contribution in [-0.4, -0.2) is 86.6 Å². The molecule has 0 saturated carbocycles. The molecule has 0 spiro atoms. The maximum atomic E-state index is 14.8. The van der Waals surface area contributed by atoms with Crippen molar-refractivity contribution in [3.05, 3.63) is 65.2 Å². The van der Waals surface area contributed by atoms with E-state index >= 15 is 0 Å². The number of benzene rings is 2. The summed E-state index contributed by atoms with van der Waals surface area (Å²) in [5.41, 5.74) is 2.38. The molecular formula is C32H43N3O4. The number of carbonyl (C=O) groups excluding carboxylic acids is 2. The van der Waals surface area contributed by atoms with Crippen molar-refractivity contribution in [2.45, 2.75) is 56.5 Å². The van der Waals surface area contributed by atoms with Gasteiger partial charge in [0.15, 0.2) is 0 Å². The molecule has 0 aliphatic carbocycles. The number of ether oxygens (including phenoxy) is 2. The van der Waals surface area contributed by atoms with Crippen molar-refractivity contribution >= 4 is 11.8 Å². The van der Waals surface area contributed by atoms with E-state index < -0.39 is 12.0 Å². The van der Waals surface area contributed by atoms with E-state index in [1.165, 1.54) is 38.8 Å². The van der Waals surface area contributed by atoms with E-state index in [0.29, 0.717) is 30.7 Å². The van der Waals surface area contributed by atoms with Crippen LogP contribution in [0.15, 0.2) is 48.5 Å². The Morgan fingerprint density at radius 3 is 2.54 bits per heavy atom. The first-order valence-electron chi connectivity index (χ1n) is 14.5. The summed E-state index contributed by atoms with van der Waals surface area (Å²) < 4.78 is 10.8. The van der Waals surface area contributed by atoms with Crippen molar-refractivity contribution in [1.82, 2.24) is 14.7 Å². The highest BCUT2D eigenvalue weighted by atomic mass is 16.5. The minimum atomic E-state index is -0.481. The molecule has 7 heteroatoms. The van der Waals surface area contributed by atoms with Gasteiger partial charge in [-0.05, 0) is 80.4 Å². The molecule has 0 unspecified atom stereocenters. The van der Waals surface area contributed by atoms with Gasteiger partial charge >= 0.3 is 0 Å². The number of nitrogens with zero attached hydrogens (tertiary/aromatic N) is 3. The molecule has 2 saturated heterocycles. The summed E-state index contributed by atoms with van der Waals surface area (Å²) >= 11 is 0. The lowest BCUT2D eigenvalue weighted by atomic mass is 9.78. The van der Waals surface area contributed by atoms with Crippen LogP contribution in [0.1, 0.15) is 72.0 Å². The Labute approximate surface area is 233 Å². The Morgan fingerprint density at radius 1 is 1.00 bits per heavy atom. The lowest BCUT2D eigenvalue weighted by molar-refractivity contribution is -0.136. The highest BCUT2D eigenvalue weighted by Gasteiger charge is 2.45. The fraction of sp³-hybridized carbons (Fsp3) is 0.562. The third kappa shape index (κ3) is 5.71. The average molecular weight is 534 g/mol. The number of rotatable bonds is 9. The number of fused-ring (bicyclic) bond motifs is 2. The van der Waals surface area contributed by atoms with Crippen LogP contribution in [0.3, 0.4) is 0 Å². The number of carbonyl (C=O) groups is 2. The normalized spacial score (nSPS) is 25.1. The van der Waals surface area contributed by atoms with Gasteiger partial charge in [0.2, 0.25) is 5.91 Å². The highest BCUT2D eigenvalue weighted by Crippen LogP contribution is 2.43. The molecule has 0 bridgehead atoms. The quantitative estimate of drug-likeness (QED) is 0.436. The maximum Gasteiger partial charge on any atom is 0.254 e. The van der Waals surface area contributed by atoms with Crippen molar-refractivity contribution in [3.8, 4) is 5.75 Å². The Morgan fingerprint density at radius 2 is 1.77 bits per heavy atom. The van der Waals surface area contributed by atoms with Gasteiger partial charge in [-0.1, -0.05) is 36.8 Å². The lowest BCUT2D eigenvalue weighted by Gasteiger charge is -2.47. The first-order valence-corrected chi connectivity index (χ1v) is 14.5. The highest BCUT2D eigenvalue weighted by molar-refractivity contribution is 6.01. The smallest absolute Gasteiger partial charge is 0.254 e. The van der Waals surface area contributed by atoms with Crippen LogP contribution in [0.25, 0.3) is 0 Å². The number of methoxy groups -OCH3 is 2. The van der Waals surface area contributed by atoms with E-state index in [4.69, 9.17) is 9.47 Å². The zero-order valence-electron chi connectivity index (χ0n) is 23.7. The van der Waals surface area contributed by atoms with Crippen molar-refractivity contribution in [3.63, 3.8) is 0 Å². The van der Waals surface area contributed by atoms with Crippen LogP contribution >= 0.6 is 0 Å². The van der Waals surface area contributed by atoms with Gasteiger partial charge in [-0.3, -0.25) is 9.59 Å². The van der Waals surface area contributed by atoms with Crippen LogP contribution in [0.5, 0.6) is 5.75 Å². The monoisotopic (exact) mass is 533 g/mol. The number of likely N-dealkylation sites (N-methyl/N-ethyl adjacent to an activating group) is 1. The van der Waals surface area contributed by atoms with Crippen molar-refractivity contribution in [2.75, 3.05) is 54.1 Å². The van der Waals surface area contributed by atoms with E-state index in [-0.39, 0.29) is 11.8 Å². The maximum absolute atomic E-state index is 14.8. The summed E-state index contributed by atoms with van der Waals surface area (Å²) in [6.45, 7) is 4.39. The van der Waals surface area contributed by atoms with E-state index in [2.05, 4.69) is 9.80 Å². The minimum Gasteiger partial charge on any atom is -0.497 e. The molecule has 5 rings (SSSR count). The number of hydrogen-bond acceptors (Lipinski definition) is 5. The SMILES string of the molecule is COCCCN(C[C@@H]1CCCN2CCCC[C@H]12)C(=O)[C@H]1c2ccccc2C(=O)N(C)[C@H]1c1ccc(OC)cc1. The van der Waals surface area contributed by atoms with E-state index in [1.807, 2.05) is 55.6 Å². The Balaban J connectivity index is 1.51. The predicted molar refractivity (Wildman–Crippen MR) is 152 cm³/mol. The van der Waals surface area contributed by atoms with Crippen molar-refractivity contribution in [1.29, 1.82) is 0 Å². The standard InChI is InChI=1S/C32H43N3O4/c1-33-30(23-14-16-25(39-3)17-15-23)29(26-11-4-5-12-27(26)31(33)36)32(37)35(20-9-21-38-2)22-24-10-8-19-34-18-7-6-13-28(24)34/h4-5,11-12,14-17,24,28-30H,6-10,13,18-22H2,1-3H3/t24-,28+,29-,30-/m0/s1. The van der Waals surface area contributed by atoms with Crippen molar-refractivity contribution in [2.24, 2.45) is 5.92 Å². The summed E-state index contributed by atoms with van der Waals surface area (Å²) in [5, 5.41) is 0. The number of hydrogen-bond donors (Lipinski definition) is 0. The topological polar surface area (TPSA) is 62.3 Å². The second-order valence-corrected chi connectivity index (χ2v) is 11.3. The van der Waals surface area contributed by atoms with Gasteiger partial charge in [0.1, 0.15) is 5.75 Å². The summed E-state index contributed by atoms with van der Waals surface area (Å²) in [6.07, 6.45) is 6.93. The molecule has 39 heavy (non-hydrogen) atoms. The zero-order chi connectivity index (χ0) is 27.4. The lowest BCUT2D eigenvalue weighted by Crippen LogP contribution is -2.53. The van der Waals surface area contributed by atoms with Crippen LogP contribution in [-0.2, 0) is 9.53 Å². The summed E-state index contributed by atoms with van der Waals surface area (Å²) in [4.78, 5) is 34.8. The molecule has 3 aliphatic rings. The minimum absolute atomic E-state index is 0.0495. The fourth-order valence-electron chi connectivity index (χ4n) is 7.12. The van der Waals surface area contributed by atoms with Gasteiger partial charge in [0.05, 0.1) is 19.1 Å². The van der Waals surface area contributed by atoms with Gasteiger partial charge in [0, 0.05) is 45.5 Å². The van der Waals surface area contributed by atoms with E-state index in [0.717, 1.165) is 36.3 Å². The third-order valence-corrected chi connectivity index (χ3v) is 9.07. The van der Waals surface area contributed by atoms with Crippen LogP contribution < -0.4 is 4.74 Å². The largest absolute Gasteiger partial charge is 0.497 e. The van der Waals surface area contributed by atoms with E-state index in [1.54, 1.807) is 19.1 Å². The molecule has 2 amide bonds. The second kappa shape index (κ2) is 12.5. The van der Waals surface area contributed by atoms with Gasteiger partial charge in [-0.15, -0.1) is 0 Å². The molecule has 4 atom stereocenters. The first-order chi connectivity index (χ1) is 19.0. The molecule has 0 N–H and O–H groups in total. The third-order valence-electron chi connectivity index (χ3n) is 9.07. The first kappa shape index (κ1) is 27.7. The molecule has 2 aromatic rings. The number of amides is 2. The molecule has 2 fully saturated rings. The average Bonchev–Trinajstić information content (AvgIpc) is 2.98. The molecule has 0 radical (unpaired) electrons. The molecular weight excluding hydrogens is 490 g/mol. The Hall–Kier alpha value is -2.90.